The van der Waals surface area contributed by atoms with Gasteiger partial charge in [0.25, 0.3) is 5.91 Å². The Hall–Kier alpha value is -2.26. The molecule has 0 fully saturated rings. The third-order valence-corrected chi connectivity index (χ3v) is 5.21. The molecule has 0 aliphatic rings. The molecule has 0 aliphatic carbocycles. The van der Waals surface area contributed by atoms with Crippen LogP contribution in [0.15, 0.2) is 41.3 Å². The number of benzene rings is 2. The zero-order valence-corrected chi connectivity index (χ0v) is 15.7. The van der Waals surface area contributed by atoms with Crippen LogP contribution >= 0.6 is 23.2 Å². The van der Waals surface area contributed by atoms with Crippen LogP contribution in [0.1, 0.15) is 10.5 Å². The molecule has 0 spiro atoms. The summed E-state index contributed by atoms with van der Waals surface area (Å²) in [5, 5.41) is 8.97. The van der Waals surface area contributed by atoms with Crippen molar-refractivity contribution in [2.24, 2.45) is 5.14 Å². The summed E-state index contributed by atoms with van der Waals surface area (Å²) >= 11 is 12.2. The number of anilines is 1. The summed E-state index contributed by atoms with van der Waals surface area (Å²) in [4.78, 5) is 15.4. The number of H-pyrrole nitrogens is 1. The second-order valence-electron chi connectivity index (χ2n) is 5.37. The lowest BCUT2D eigenvalue weighted by Crippen LogP contribution is -2.16. The van der Waals surface area contributed by atoms with E-state index < -0.39 is 15.9 Å². The molecule has 0 saturated carbocycles. The van der Waals surface area contributed by atoms with Crippen molar-refractivity contribution >= 4 is 55.7 Å². The van der Waals surface area contributed by atoms with E-state index in [2.05, 4.69) is 10.3 Å². The highest BCUT2D eigenvalue weighted by molar-refractivity contribution is 7.89. The summed E-state index contributed by atoms with van der Waals surface area (Å²) in [6.07, 6.45) is 0. The maximum atomic E-state index is 12.6. The first-order chi connectivity index (χ1) is 12.2. The van der Waals surface area contributed by atoms with Crippen LogP contribution in [0, 0.1) is 0 Å². The summed E-state index contributed by atoms with van der Waals surface area (Å²) in [7, 11) is -2.55. The lowest BCUT2D eigenvalue weighted by molar-refractivity contribution is 0.102. The van der Waals surface area contributed by atoms with Gasteiger partial charge in [0.05, 0.1) is 22.7 Å². The molecular formula is C16H13Cl2N3O4S. The summed E-state index contributed by atoms with van der Waals surface area (Å²) in [6, 6.07) is 8.87. The van der Waals surface area contributed by atoms with Crippen LogP contribution in [0.25, 0.3) is 10.9 Å². The number of aromatic amines is 1. The standard InChI is InChI=1S/C16H13Cl2N3O4S/c1-25-13-5-3-9(26(19,23)24)7-12(13)21-16(22)15-14(18)10-6-8(17)2-4-11(10)20-15/h2-7,20H,1H3,(H,21,22)(H2,19,23,24). The molecule has 0 unspecified atom stereocenters. The number of amides is 1. The molecule has 1 amide bonds. The van der Waals surface area contributed by atoms with E-state index in [9.17, 15) is 13.2 Å². The van der Waals surface area contributed by atoms with Crippen LogP contribution in [0.5, 0.6) is 5.75 Å². The Kier molecular flexibility index (Phi) is 4.85. The monoisotopic (exact) mass is 413 g/mol. The minimum Gasteiger partial charge on any atom is -0.495 e. The van der Waals surface area contributed by atoms with Crippen molar-refractivity contribution in [3.8, 4) is 5.75 Å². The van der Waals surface area contributed by atoms with Crippen molar-refractivity contribution in [3.63, 3.8) is 0 Å². The highest BCUT2D eigenvalue weighted by Crippen LogP contribution is 2.32. The average Bonchev–Trinajstić information content (AvgIpc) is 2.90. The fraction of sp³-hybridized carbons (Fsp3) is 0.0625. The molecule has 4 N–H and O–H groups in total. The molecule has 10 heteroatoms. The zero-order valence-electron chi connectivity index (χ0n) is 13.3. The fourth-order valence-electron chi connectivity index (χ4n) is 2.43. The molecule has 3 rings (SSSR count). The van der Waals surface area contributed by atoms with Crippen LogP contribution in [0.3, 0.4) is 0 Å². The molecule has 1 heterocycles. The number of carbonyl (C=O) groups is 1. The van der Waals surface area contributed by atoms with E-state index in [-0.39, 0.29) is 27.0 Å². The Balaban J connectivity index is 2.01. The molecule has 0 radical (unpaired) electrons. The number of methoxy groups -OCH3 is 1. The van der Waals surface area contributed by atoms with E-state index in [0.29, 0.717) is 15.9 Å². The highest BCUT2D eigenvalue weighted by Gasteiger charge is 2.19. The number of ether oxygens (including phenoxy) is 1. The molecule has 0 aliphatic heterocycles. The minimum atomic E-state index is -3.94. The first-order valence-corrected chi connectivity index (χ1v) is 9.50. The van der Waals surface area contributed by atoms with Crippen LogP contribution in [0.4, 0.5) is 5.69 Å². The number of sulfonamides is 1. The van der Waals surface area contributed by atoms with Crippen molar-refractivity contribution in [3.05, 3.63) is 52.1 Å². The van der Waals surface area contributed by atoms with E-state index in [4.69, 9.17) is 33.1 Å². The molecule has 7 nitrogen and oxygen atoms in total. The van der Waals surface area contributed by atoms with Gasteiger partial charge in [0.1, 0.15) is 11.4 Å². The number of hydrogen-bond donors (Lipinski definition) is 3. The molecule has 26 heavy (non-hydrogen) atoms. The largest absolute Gasteiger partial charge is 0.495 e. The Morgan fingerprint density at radius 1 is 1.19 bits per heavy atom. The van der Waals surface area contributed by atoms with Crippen LogP contribution in [-0.2, 0) is 10.0 Å². The van der Waals surface area contributed by atoms with Crippen molar-refractivity contribution in [2.45, 2.75) is 4.90 Å². The molecule has 0 saturated heterocycles. The van der Waals surface area contributed by atoms with Gasteiger partial charge < -0.3 is 15.0 Å². The molecule has 3 aromatic rings. The van der Waals surface area contributed by atoms with Gasteiger partial charge >= 0.3 is 0 Å². The second-order valence-corrected chi connectivity index (χ2v) is 7.74. The van der Waals surface area contributed by atoms with Crippen molar-refractivity contribution < 1.29 is 17.9 Å². The molecule has 0 atom stereocenters. The Labute approximate surface area is 159 Å². The average molecular weight is 414 g/mol. The number of nitrogens with one attached hydrogen (secondary N) is 2. The van der Waals surface area contributed by atoms with Crippen LogP contribution in [-0.4, -0.2) is 26.4 Å². The van der Waals surface area contributed by atoms with E-state index in [0.717, 1.165) is 0 Å². The minimum absolute atomic E-state index is 0.104. The van der Waals surface area contributed by atoms with Gasteiger partial charge in [-0.05, 0) is 36.4 Å². The predicted molar refractivity (Wildman–Crippen MR) is 101 cm³/mol. The smallest absolute Gasteiger partial charge is 0.273 e. The highest BCUT2D eigenvalue weighted by atomic mass is 35.5. The number of carbonyl (C=O) groups excluding carboxylic acids is 1. The molecule has 0 bridgehead atoms. The van der Waals surface area contributed by atoms with Crippen molar-refractivity contribution in [1.29, 1.82) is 0 Å². The van der Waals surface area contributed by atoms with Gasteiger partial charge in [-0.3, -0.25) is 4.79 Å². The van der Waals surface area contributed by atoms with E-state index in [1.165, 1.54) is 25.3 Å². The number of hydrogen-bond acceptors (Lipinski definition) is 4. The first-order valence-electron chi connectivity index (χ1n) is 7.19. The Bertz CT molecular complexity index is 1130. The van der Waals surface area contributed by atoms with Crippen molar-refractivity contribution in [1.82, 2.24) is 4.98 Å². The normalized spacial score (nSPS) is 11.5. The SMILES string of the molecule is COc1ccc(S(N)(=O)=O)cc1NC(=O)c1[nH]c2ccc(Cl)cc2c1Cl. The molecule has 2 aromatic carbocycles. The molecular weight excluding hydrogens is 401 g/mol. The summed E-state index contributed by atoms with van der Waals surface area (Å²) < 4.78 is 28.2. The number of fused-ring (bicyclic) bond motifs is 1. The summed E-state index contributed by atoms with van der Waals surface area (Å²) in [6.45, 7) is 0. The van der Waals surface area contributed by atoms with Gasteiger partial charge in [-0.15, -0.1) is 0 Å². The number of nitrogens with two attached hydrogens (primary N) is 1. The topological polar surface area (TPSA) is 114 Å². The van der Waals surface area contributed by atoms with Crippen LogP contribution in [0.2, 0.25) is 10.0 Å². The lowest BCUT2D eigenvalue weighted by atomic mass is 10.2. The molecule has 1 aromatic heterocycles. The van der Waals surface area contributed by atoms with Gasteiger partial charge in [-0.1, -0.05) is 23.2 Å². The lowest BCUT2D eigenvalue weighted by Gasteiger charge is -2.11. The predicted octanol–water partition coefficient (Wildman–Crippen LogP) is 3.38. The van der Waals surface area contributed by atoms with E-state index in [1.54, 1.807) is 18.2 Å². The first kappa shape index (κ1) is 18.5. The number of aromatic nitrogens is 1. The van der Waals surface area contributed by atoms with E-state index >= 15 is 0 Å². The quantitative estimate of drug-likeness (QED) is 0.607. The third-order valence-electron chi connectivity index (χ3n) is 3.67. The second kappa shape index (κ2) is 6.81. The Morgan fingerprint density at radius 3 is 2.58 bits per heavy atom. The summed E-state index contributed by atoms with van der Waals surface area (Å²) in [5.74, 6) is -0.312. The van der Waals surface area contributed by atoms with Gasteiger partial charge in [-0.2, -0.15) is 0 Å². The number of primary sulfonamides is 1. The summed E-state index contributed by atoms with van der Waals surface area (Å²) in [5.41, 5.74) is 0.874. The van der Waals surface area contributed by atoms with Gasteiger partial charge in [-0.25, -0.2) is 13.6 Å². The number of halogens is 2. The Morgan fingerprint density at radius 2 is 1.92 bits per heavy atom. The van der Waals surface area contributed by atoms with Crippen molar-refractivity contribution in [2.75, 3.05) is 12.4 Å². The van der Waals surface area contributed by atoms with E-state index in [1.807, 2.05) is 0 Å². The third kappa shape index (κ3) is 3.49. The van der Waals surface area contributed by atoms with Gasteiger partial charge in [0.2, 0.25) is 10.0 Å². The van der Waals surface area contributed by atoms with Gasteiger partial charge in [0.15, 0.2) is 0 Å². The maximum absolute atomic E-state index is 12.6. The zero-order chi connectivity index (χ0) is 19.1. The molecule has 136 valence electrons. The van der Waals surface area contributed by atoms with Crippen LogP contribution < -0.4 is 15.2 Å². The van der Waals surface area contributed by atoms with Gasteiger partial charge in [0, 0.05) is 15.9 Å². The fourth-order valence-corrected chi connectivity index (χ4v) is 3.44. The number of rotatable bonds is 4. The maximum Gasteiger partial charge on any atom is 0.273 e.